The lowest BCUT2D eigenvalue weighted by Crippen LogP contribution is -2.41. The molecule has 0 bridgehead atoms. The summed E-state index contributed by atoms with van der Waals surface area (Å²) in [5.41, 5.74) is 6.18. The van der Waals surface area contributed by atoms with Gasteiger partial charge in [-0.1, -0.05) is 13.8 Å². The molecule has 6 nitrogen and oxygen atoms in total. The van der Waals surface area contributed by atoms with Crippen LogP contribution in [0.2, 0.25) is 0 Å². The van der Waals surface area contributed by atoms with Gasteiger partial charge in [-0.3, -0.25) is 14.6 Å². The highest BCUT2D eigenvalue weighted by molar-refractivity contribution is 6.40. The maximum atomic E-state index is 13.0. The van der Waals surface area contributed by atoms with Crippen molar-refractivity contribution in [1.82, 2.24) is 5.32 Å². The largest absolute Gasteiger partial charge is 0.368 e. The summed E-state index contributed by atoms with van der Waals surface area (Å²) in [6, 6.07) is 4.85. The molecule has 1 aliphatic heterocycles. The Kier molecular flexibility index (Phi) is 5.31. The highest BCUT2D eigenvalue weighted by Crippen LogP contribution is 2.25. The maximum absolute atomic E-state index is 13.0. The fourth-order valence-electron chi connectivity index (χ4n) is 2.46. The summed E-state index contributed by atoms with van der Waals surface area (Å²) in [6.45, 7) is 3.98. The van der Waals surface area contributed by atoms with Gasteiger partial charge in [-0.15, -0.1) is 0 Å². The Morgan fingerprint density at radius 2 is 1.96 bits per heavy atom. The van der Waals surface area contributed by atoms with E-state index in [-0.39, 0.29) is 29.9 Å². The Morgan fingerprint density at radius 1 is 1.35 bits per heavy atom. The van der Waals surface area contributed by atoms with E-state index >= 15 is 0 Å². The normalized spacial score (nSPS) is 17.3. The van der Waals surface area contributed by atoms with E-state index < -0.39 is 11.9 Å². The number of primary amides is 1. The van der Waals surface area contributed by atoms with E-state index in [0.29, 0.717) is 5.69 Å². The van der Waals surface area contributed by atoms with Crippen molar-refractivity contribution >= 4 is 23.2 Å². The van der Waals surface area contributed by atoms with Gasteiger partial charge in [-0.2, -0.15) is 5.10 Å². The lowest BCUT2D eigenvalue weighted by molar-refractivity contribution is -0.119. The van der Waals surface area contributed by atoms with Gasteiger partial charge in [0.2, 0.25) is 5.91 Å². The van der Waals surface area contributed by atoms with Crippen LogP contribution in [0.25, 0.3) is 0 Å². The zero-order valence-corrected chi connectivity index (χ0v) is 13.3. The molecule has 3 N–H and O–H groups in total. The number of nitrogens with one attached hydrogen (secondary N) is 1. The van der Waals surface area contributed by atoms with Crippen LogP contribution >= 0.6 is 0 Å². The average Bonchev–Trinajstić information content (AvgIpc) is 2.98. The molecule has 0 aromatic heterocycles. The smallest absolute Gasteiger partial charge is 0.267 e. The number of benzene rings is 1. The molecule has 1 heterocycles. The molecule has 0 aliphatic carbocycles. The summed E-state index contributed by atoms with van der Waals surface area (Å²) < 4.78 is 13.0. The van der Waals surface area contributed by atoms with Crippen LogP contribution in [0.3, 0.4) is 0 Å². The first-order valence-corrected chi connectivity index (χ1v) is 7.68. The number of hydrogen-bond donors (Lipinski definition) is 2. The van der Waals surface area contributed by atoms with Crippen molar-refractivity contribution in [3.8, 4) is 0 Å². The summed E-state index contributed by atoms with van der Waals surface area (Å²) in [4.78, 5) is 23.9. The zero-order valence-electron chi connectivity index (χ0n) is 13.3. The number of hydrazone groups is 1. The quantitative estimate of drug-likeness (QED) is 0.833. The number of carbonyl (C=O) groups excluding carboxylic acids is 2. The molecule has 1 aromatic rings. The predicted molar refractivity (Wildman–Crippen MR) is 86.4 cm³/mol. The lowest BCUT2D eigenvalue weighted by atomic mass is 10.1. The van der Waals surface area contributed by atoms with Crippen molar-refractivity contribution in [3.05, 3.63) is 30.1 Å². The Hall–Kier alpha value is -2.44. The second-order valence-corrected chi connectivity index (χ2v) is 5.48. The minimum atomic E-state index is -0.747. The number of nitrogens with zero attached hydrogens (tertiary/aromatic N) is 2. The van der Waals surface area contributed by atoms with E-state index in [2.05, 4.69) is 10.4 Å². The molecule has 0 saturated heterocycles. The van der Waals surface area contributed by atoms with Crippen LogP contribution in [-0.4, -0.2) is 29.6 Å². The number of amides is 2. The van der Waals surface area contributed by atoms with E-state index in [4.69, 9.17) is 5.73 Å². The Balaban J connectivity index is 2.22. The summed E-state index contributed by atoms with van der Waals surface area (Å²) >= 11 is 0. The van der Waals surface area contributed by atoms with Crippen LogP contribution in [0.5, 0.6) is 0 Å². The van der Waals surface area contributed by atoms with Crippen LogP contribution in [0.4, 0.5) is 10.1 Å². The summed E-state index contributed by atoms with van der Waals surface area (Å²) in [7, 11) is 0. The van der Waals surface area contributed by atoms with Crippen LogP contribution in [-0.2, 0) is 9.59 Å². The van der Waals surface area contributed by atoms with E-state index in [0.717, 1.165) is 12.8 Å². The molecule has 1 aromatic carbocycles. The van der Waals surface area contributed by atoms with Crippen molar-refractivity contribution in [2.24, 2.45) is 10.8 Å². The number of carbonyl (C=O) groups is 2. The molecule has 1 aliphatic rings. The van der Waals surface area contributed by atoms with Gasteiger partial charge in [0.15, 0.2) is 0 Å². The fraction of sp³-hybridized carbons (Fsp3) is 0.438. The Morgan fingerprint density at radius 3 is 2.48 bits per heavy atom. The van der Waals surface area contributed by atoms with Crippen LogP contribution in [0.1, 0.15) is 33.1 Å². The standard InChI is InChI=1S/C16H21FN4O2/c1-3-11(4-2)19-16(23)13-9-14(15(18)22)21(20-13)12-7-5-10(17)6-8-12/h5-8,11,14H,3-4,9H2,1-2H3,(H2,18,22)(H,19,23). The summed E-state index contributed by atoms with van der Waals surface area (Å²) in [5, 5.41) is 8.50. The minimum Gasteiger partial charge on any atom is -0.368 e. The van der Waals surface area contributed by atoms with Gasteiger partial charge >= 0.3 is 0 Å². The van der Waals surface area contributed by atoms with Crippen molar-refractivity contribution in [1.29, 1.82) is 0 Å². The van der Waals surface area contributed by atoms with Gasteiger partial charge in [0.1, 0.15) is 17.6 Å². The molecular formula is C16H21FN4O2. The SMILES string of the molecule is CCC(CC)NC(=O)C1=NN(c2ccc(F)cc2)C(C(N)=O)C1. The molecule has 23 heavy (non-hydrogen) atoms. The van der Waals surface area contributed by atoms with Crippen LogP contribution in [0, 0.1) is 5.82 Å². The molecule has 7 heteroatoms. The van der Waals surface area contributed by atoms with Crippen molar-refractivity contribution in [2.45, 2.75) is 45.2 Å². The van der Waals surface area contributed by atoms with Gasteiger partial charge in [0.05, 0.1) is 5.69 Å². The lowest BCUT2D eigenvalue weighted by Gasteiger charge is -2.20. The maximum Gasteiger partial charge on any atom is 0.267 e. The first-order valence-electron chi connectivity index (χ1n) is 7.68. The fourth-order valence-corrected chi connectivity index (χ4v) is 2.46. The highest BCUT2D eigenvalue weighted by atomic mass is 19.1. The highest BCUT2D eigenvalue weighted by Gasteiger charge is 2.35. The van der Waals surface area contributed by atoms with Gasteiger partial charge in [-0.05, 0) is 37.1 Å². The predicted octanol–water partition coefficient (Wildman–Crippen LogP) is 1.55. The molecule has 0 fully saturated rings. The third kappa shape index (κ3) is 3.85. The first kappa shape index (κ1) is 16.9. The number of anilines is 1. The van der Waals surface area contributed by atoms with Crippen LogP contribution in [0.15, 0.2) is 29.4 Å². The number of nitrogens with two attached hydrogens (primary N) is 1. The van der Waals surface area contributed by atoms with E-state index in [1.165, 1.54) is 29.3 Å². The van der Waals surface area contributed by atoms with Crippen molar-refractivity contribution in [3.63, 3.8) is 0 Å². The van der Waals surface area contributed by atoms with E-state index in [9.17, 15) is 14.0 Å². The Bertz CT molecular complexity index is 611. The third-order valence-electron chi connectivity index (χ3n) is 3.91. The molecule has 1 atom stereocenters. The molecule has 0 radical (unpaired) electrons. The van der Waals surface area contributed by atoms with Crippen molar-refractivity contribution in [2.75, 3.05) is 5.01 Å². The van der Waals surface area contributed by atoms with Gasteiger partial charge in [0, 0.05) is 12.5 Å². The van der Waals surface area contributed by atoms with Gasteiger partial charge < -0.3 is 11.1 Å². The molecular weight excluding hydrogens is 299 g/mol. The number of hydrogen-bond acceptors (Lipinski definition) is 4. The molecule has 0 saturated carbocycles. The minimum absolute atomic E-state index is 0.0668. The van der Waals surface area contributed by atoms with E-state index in [1.807, 2.05) is 13.8 Å². The molecule has 2 rings (SSSR count). The van der Waals surface area contributed by atoms with Crippen LogP contribution < -0.4 is 16.1 Å². The molecule has 1 unspecified atom stereocenters. The number of rotatable bonds is 6. The monoisotopic (exact) mass is 320 g/mol. The van der Waals surface area contributed by atoms with E-state index in [1.54, 1.807) is 0 Å². The molecule has 124 valence electrons. The molecule has 2 amide bonds. The Labute approximate surface area is 134 Å². The topological polar surface area (TPSA) is 87.8 Å². The van der Waals surface area contributed by atoms with Gasteiger partial charge in [0.25, 0.3) is 5.91 Å². The average molecular weight is 320 g/mol. The zero-order chi connectivity index (χ0) is 17.0. The second-order valence-electron chi connectivity index (χ2n) is 5.48. The van der Waals surface area contributed by atoms with Gasteiger partial charge in [-0.25, -0.2) is 4.39 Å². The number of halogens is 1. The molecule has 0 spiro atoms. The first-order chi connectivity index (χ1) is 11.0. The summed E-state index contributed by atoms with van der Waals surface area (Å²) in [5.74, 6) is -1.27. The van der Waals surface area contributed by atoms with Crippen molar-refractivity contribution < 1.29 is 14.0 Å². The summed E-state index contributed by atoms with van der Waals surface area (Å²) in [6.07, 6.45) is 1.77. The second kappa shape index (κ2) is 7.21. The third-order valence-corrected chi connectivity index (χ3v) is 3.91.